The molecule has 14 heavy (non-hydrogen) atoms. The zero-order chi connectivity index (χ0) is 10.7. The van der Waals surface area contributed by atoms with Gasteiger partial charge in [-0.15, -0.1) is 0 Å². The minimum Gasteiger partial charge on any atom is -0.390 e. The molecule has 0 spiro atoms. The van der Waals surface area contributed by atoms with Crippen LogP contribution in [0.25, 0.3) is 0 Å². The fourth-order valence-electron chi connectivity index (χ4n) is 1.81. The van der Waals surface area contributed by atoms with Gasteiger partial charge >= 0.3 is 0 Å². The zero-order valence-corrected chi connectivity index (χ0v) is 9.44. The van der Waals surface area contributed by atoms with E-state index in [1.165, 1.54) is 6.26 Å². The number of hydrogen-bond donors (Lipinski definition) is 2. The van der Waals surface area contributed by atoms with Crippen LogP contribution in [0.3, 0.4) is 0 Å². The summed E-state index contributed by atoms with van der Waals surface area (Å²) in [5.74, 6) is 0.183. The number of nitrogens with one attached hydrogen (secondary N) is 1. The molecule has 0 radical (unpaired) electrons. The van der Waals surface area contributed by atoms with Crippen LogP contribution in [0.2, 0.25) is 0 Å². The molecule has 0 bridgehead atoms. The van der Waals surface area contributed by atoms with Crippen LogP contribution in [-0.2, 0) is 9.84 Å². The summed E-state index contributed by atoms with van der Waals surface area (Å²) in [6.07, 6.45) is 3.87. The Labute approximate surface area is 85.6 Å². The first-order valence-electron chi connectivity index (χ1n) is 5.02. The minimum absolute atomic E-state index is 0.183. The molecule has 1 heterocycles. The van der Waals surface area contributed by atoms with Crippen LogP contribution in [0.4, 0.5) is 0 Å². The molecule has 5 heteroatoms. The molecule has 0 aromatic rings. The smallest absolute Gasteiger partial charge is 0.147 e. The fraction of sp³-hybridized carbons (Fsp3) is 1.00. The summed E-state index contributed by atoms with van der Waals surface area (Å²) in [7, 11) is -2.88. The second-order valence-electron chi connectivity index (χ2n) is 4.21. The minimum atomic E-state index is -2.88. The monoisotopic (exact) mass is 221 g/mol. The second-order valence-corrected chi connectivity index (χ2v) is 6.47. The molecule has 1 rings (SSSR count). The topological polar surface area (TPSA) is 66.4 Å². The maximum absolute atomic E-state index is 10.9. The highest BCUT2D eigenvalue weighted by atomic mass is 32.2. The lowest BCUT2D eigenvalue weighted by Gasteiger charge is -2.32. The van der Waals surface area contributed by atoms with Gasteiger partial charge in [0, 0.05) is 12.0 Å². The summed E-state index contributed by atoms with van der Waals surface area (Å²) in [5, 5.41) is 13.2. The van der Waals surface area contributed by atoms with E-state index >= 15 is 0 Å². The number of aliphatic hydroxyl groups is 1. The Morgan fingerprint density at radius 1 is 1.36 bits per heavy atom. The molecule has 0 amide bonds. The van der Waals surface area contributed by atoms with Gasteiger partial charge in [-0.1, -0.05) is 0 Å². The van der Waals surface area contributed by atoms with E-state index < -0.39 is 15.4 Å². The van der Waals surface area contributed by atoms with Crippen molar-refractivity contribution in [1.82, 2.24) is 5.32 Å². The van der Waals surface area contributed by atoms with Gasteiger partial charge in [0.05, 0.1) is 5.60 Å². The van der Waals surface area contributed by atoms with Crippen molar-refractivity contribution in [3.8, 4) is 0 Å². The SMILES string of the molecule is CS(=O)(=O)CCCC1(O)CCNCC1. The summed E-state index contributed by atoms with van der Waals surface area (Å²) in [6.45, 7) is 1.66. The summed E-state index contributed by atoms with van der Waals surface area (Å²) in [5.41, 5.74) is -0.629. The van der Waals surface area contributed by atoms with Crippen molar-refractivity contribution in [2.75, 3.05) is 25.1 Å². The van der Waals surface area contributed by atoms with E-state index in [9.17, 15) is 13.5 Å². The third-order valence-corrected chi connectivity index (χ3v) is 3.72. The Kier molecular flexibility index (Phi) is 3.92. The molecule has 1 saturated heterocycles. The third-order valence-electron chi connectivity index (χ3n) is 2.69. The highest BCUT2D eigenvalue weighted by molar-refractivity contribution is 7.90. The van der Waals surface area contributed by atoms with Crippen molar-refractivity contribution in [2.24, 2.45) is 0 Å². The molecule has 1 fully saturated rings. The lowest BCUT2D eigenvalue weighted by atomic mass is 9.88. The van der Waals surface area contributed by atoms with Crippen LogP contribution in [0, 0.1) is 0 Å². The maximum atomic E-state index is 10.9. The predicted molar refractivity (Wildman–Crippen MR) is 56.0 cm³/mol. The summed E-state index contributed by atoms with van der Waals surface area (Å²) >= 11 is 0. The molecular formula is C9H19NO3S. The lowest BCUT2D eigenvalue weighted by molar-refractivity contribution is 0.00213. The normalized spacial score (nSPS) is 22.1. The van der Waals surface area contributed by atoms with E-state index in [1.54, 1.807) is 0 Å². The van der Waals surface area contributed by atoms with Crippen LogP contribution < -0.4 is 5.32 Å². The average molecular weight is 221 g/mol. The zero-order valence-electron chi connectivity index (χ0n) is 8.62. The van der Waals surface area contributed by atoms with Crippen LogP contribution in [0.1, 0.15) is 25.7 Å². The van der Waals surface area contributed by atoms with Crippen LogP contribution in [0.15, 0.2) is 0 Å². The number of hydrogen-bond acceptors (Lipinski definition) is 4. The number of sulfone groups is 1. The van der Waals surface area contributed by atoms with Gasteiger partial charge in [-0.3, -0.25) is 0 Å². The Bertz CT molecular complexity index is 268. The number of rotatable bonds is 4. The Morgan fingerprint density at radius 2 is 1.93 bits per heavy atom. The average Bonchev–Trinajstić information content (AvgIpc) is 2.02. The Balaban J connectivity index is 2.29. The third kappa shape index (κ3) is 4.39. The molecule has 1 aliphatic heterocycles. The molecule has 4 nitrogen and oxygen atoms in total. The lowest BCUT2D eigenvalue weighted by Crippen LogP contribution is -2.41. The van der Waals surface area contributed by atoms with Crippen LogP contribution >= 0.6 is 0 Å². The van der Waals surface area contributed by atoms with E-state index in [1.807, 2.05) is 0 Å². The predicted octanol–water partition coefficient (Wildman–Crippen LogP) is -0.0743. The van der Waals surface area contributed by atoms with Gasteiger partial charge in [-0.05, 0) is 38.8 Å². The van der Waals surface area contributed by atoms with E-state index in [-0.39, 0.29) is 5.75 Å². The molecule has 0 atom stereocenters. The Morgan fingerprint density at radius 3 is 2.43 bits per heavy atom. The maximum Gasteiger partial charge on any atom is 0.147 e. The molecule has 0 unspecified atom stereocenters. The molecule has 0 aromatic carbocycles. The van der Waals surface area contributed by atoms with E-state index in [2.05, 4.69) is 5.32 Å². The van der Waals surface area contributed by atoms with E-state index in [0.717, 1.165) is 25.9 Å². The summed E-state index contributed by atoms with van der Waals surface area (Å²) in [6, 6.07) is 0. The molecule has 2 N–H and O–H groups in total. The standard InChI is InChI=1S/C9H19NO3S/c1-14(12,13)8-2-3-9(11)4-6-10-7-5-9/h10-11H,2-8H2,1H3. The molecule has 84 valence electrons. The van der Waals surface area contributed by atoms with Gasteiger partial charge in [0.1, 0.15) is 9.84 Å². The van der Waals surface area contributed by atoms with Crippen molar-refractivity contribution in [2.45, 2.75) is 31.3 Å². The van der Waals surface area contributed by atoms with Crippen LogP contribution in [0.5, 0.6) is 0 Å². The number of piperidine rings is 1. The first kappa shape index (κ1) is 11.9. The summed E-state index contributed by atoms with van der Waals surface area (Å²) < 4.78 is 21.8. The second kappa shape index (κ2) is 4.59. The Hall–Kier alpha value is -0.130. The quantitative estimate of drug-likeness (QED) is 0.697. The summed E-state index contributed by atoms with van der Waals surface area (Å²) in [4.78, 5) is 0. The van der Waals surface area contributed by atoms with Gasteiger partial charge in [-0.25, -0.2) is 8.42 Å². The van der Waals surface area contributed by atoms with E-state index in [0.29, 0.717) is 12.8 Å². The first-order chi connectivity index (χ1) is 6.41. The van der Waals surface area contributed by atoms with E-state index in [4.69, 9.17) is 0 Å². The van der Waals surface area contributed by atoms with Crippen molar-refractivity contribution >= 4 is 9.84 Å². The fourth-order valence-corrected chi connectivity index (χ4v) is 2.47. The first-order valence-corrected chi connectivity index (χ1v) is 7.08. The molecule has 0 saturated carbocycles. The highest BCUT2D eigenvalue weighted by Crippen LogP contribution is 2.23. The molecular weight excluding hydrogens is 202 g/mol. The van der Waals surface area contributed by atoms with Crippen LogP contribution in [-0.4, -0.2) is 44.2 Å². The molecule has 1 aliphatic rings. The van der Waals surface area contributed by atoms with Gasteiger partial charge in [0.25, 0.3) is 0 Å². The van der Waals surface area contributed by atoms with Crippen molar-refractivity contribution < 1.29 is 13.5 Å². The van der Waals surface area contributed by atoms with Gasteiger partial charge in [0.2, 0.25) is 0 Å². The van der Waals surface area contributed by atoms with Gasteiger partial charge < -0.3 is 10.4 Å². The van der Waals surface area contributed by atoms with Crippen molar-refractivity contribution in [1.29, 1.82) is 0 Å². The van der Waals surface area contributed by atoms with Crippen molar-refractivity contribution in [3.63, 3.8) is 0 Å². The van der Waals surface area contributed by atoms with Gasteiger partial charge in [-0.2, -0.15) is 0 Å². The van der Waals surface area contributed by atoms with Crippen molar-refractivity contribution in [3.05, 3.63) is 0 Å². The highest BCUT2D eigenvalue weighted by Gasteiger charge is 2.28. The van der Waals surface area contributed by atoms with Gasteiger partial charge in [0.15, 0.2) is 0 Å². The molecule has 0 aromatic heterocycles. The largest absolute Gasteiger partial charge is 0.390 e. The molecule has 0 aliphatic carbocycles.